The van der Waals surface area contributed by atoms with E-state index >= 15 is 0 Å². The molecule has 0 saturated heterocycles. The van der Waals surface area contributed by atoms with E-state index in [1.807, 2.05) is 76.7 Å². The molecule has 4 aromatic rings. The molecule has 0 saturated carbocycles. The van der Waals surface area contributed by atoms with Crippen LogP contribution >= 0.6 is 11.8 Å². The summed E-state index contributed by atoms with van der Waals surface area (Å²) in [5, 5.41) is 14.4. The van der Waals surface area contributed by atoms with Crippen LogP contribution in [0.3, 0.4) is 0 Å². The van der Waals surface area contributed by atoms with Gasteiger partial charge in [0.1, 0.15) is 0 Å². The summed E-state index contributed by atoms with van der Waals surface area (Å²) in [5.41, 5.74) is 7.88. The van der Waals surface area contributed by atoms with Gasteiger partial charge in [0.2, 0.25) is 10.0 Å². The van der Waals surface area contributed by atoms with E-state index in [0.29, 0.717) is 0 Å². The first-order chi connectivity index (χ1) is 19.0. The number of esters is 1. The number of hydrazone groups is 2. The van der Waals surface area contributed by atoms with Crippen LogP contribution in [0, 0.1) is 13.8 Å². The summed E-state index contributed by atoms with van der Waals surface area (Å²) in [6.45, 7) is 6.20. The van der Waals surface area contributed by atoms with Crippen molar-refractivity contribution < 1.29 is 9.53 Å². The van der Waals surface area contributed by atoms with Gasteiger partial charge in [-0.25, -0.2) is 14.8 Å². The van der Waals surface area contributed by atoms with Crippen LogP contribution in [0.2, 0.25) is 0 Å². The molecule has 6 rings (SSSR count). The zero-order valence-corrected chi connectivity index (χ0v) is 22.9. The smallest absolute Gasteiger partial charge is 0.365 e. The minimum absolute atomic E-state index is 0.269. The van der Waals surface area contributed by atoms with Crippen LogP contribution in [-0.4, -0.2) is 23.3 Å². The van der Waals surface area contributed by atoms with E-state index in [0.717, 1.165) is 39.3 Å². The quantitative estimate of drug-likeness (QED) is 0.264. The summed E-state index contributed by atoms with van der Waals surface area (Å²) in [5.74, 6) is -0.449. The monoisotopic (exact) mass is 532 g/mol. The maximum absolute atomic E-state index is 13.1. The minimum Gasteiger partial charge on any atom is -0.461 e. The summed E-state index contributed by atoms with van der Waals surface area (Å²) in [4.78, 5) is 12.1. The molecule has 2 heterocycles. The number of fused-ring (bicyclic) bond motifs is 2. The van der Waals surface area contributed by atoms with Gasteiger partial charge in [-0.05, 0) is 56.8 Å². The Hall–Kier alpha value is -4.36. The van der Waals surface area contributed by atoms with E-state index in [1.165, 1.54) is 17.3 Å². The maximum atomic E-state index is 13.1. The van der Waals surface area contributed by atoms with Crippen molar-refractivity contribution in [1.82, 2.24) is 0 Å². The Labute approximate surface area is 232 Å². The molecule has 194 valence electrons. The molecule has 6 nitrogen and oxygen atoms in total. The van der Waals surface area contributed by atoms with Gasteiger partial charge < -0.3 is 4.74 Å². The molecule has 39 heavy (non-hydrogen) atoms. The lowest BCUT2D eigenvalue weighted by molar-refractivity contribution is -0.134. The van der Waals surface area contributed by atoms with Crippen LogP contribution in [0.1, 0.15) is 34.7 Å². The number of aryl methyl sites for hydroxylation is 2. The number of carbonyl (C=O) groups is 1. The van der Waals surface area contributed by atoms with Gasteiger partial charge in [-0.3, -0.25) is 0 Å². The van der Waals surface area contributed by atoms with Crippen molar-refractivity contribution in [2.24, 2.45) is 10.2 Å². The largest absolute Gasteiger partial charge is 0.461 e. The van der Waals surface area contributed by atoms with Gasteiger partial charge in [-0.15, -0.1) is 0 Å². The SMILES string of the molecule is CCOC(=O)C1=NN(c2ccc(C)cc2)[C@@]2(S1)c1ccccc1C(c1ccc(C)cc1)=NN2c1ccccc1. The molecule has 2 aliphatic heterocycles. The number of thioether (sulfide) groups is 1. The zero-order chi connectivity index (χ0) is 27.0. The molecule has 0 bridgehead atoms. The molecule has 1 atom stereocenters. The van der Waals surface area contributed by atoms with Crippen molar-refractivity contribution in [3.05, 3.63) is 131 Å². The molecule has 0 aliphatic carbocycles. The summed E-state index contributed by atoms with van der Waals surface area (Å²) in [6, 6.07) is 34.8. The van der Waals surface area contributed by atoms with E-state index < -0.39 is 11.0 Å². The number of anilines is 2. The topological polar surface area (TPSA) is 57.5 Å². The third-order valence-corrected chi connectivity index (χ3v) is 8.08. The Morgan fingerprint density at radius 1 is 0.769 bits per heavy atom. The Balaban J connectivity index is 1.64. The molecule has 0 N–H and O–H groups in total. The lowest BCUT2D eigenvalue weighted by Gasteiger charge is -2.47. The van der Waals surface area contributed by atoms with E-state index in [2.05, 4.69) is 50.2 Å². The summed E-state index contributed by atoms with van der Waals surface area (Å²) in [6.07, 6.45) is 0. The highest BCUT2D eigenvalue weighted by Crippen LogP contribution is 2.55. The number of rotatable bonds is 5. The molecule has 0 radical (unpaired) electrons. The fraction of sp³-hybridized carbons (Fsp3) is 0.156. The van der Waals surface area contributed by atoms with Gasteiger partial charge in [0.05, 0.1) is 23.7 Å². The lowest BCUT2D eigenvalue weighted by atomic mass is 9.93. The number of para-hydroxylation sites is 1. The van der Waals surface area contributed by atoms with Crippen LogP contribution in [0.25, 0.3) is 0 Å². The fourth-order valence-corrected chi connectivity index (χ4v) is 6.18. The fourth-order valence-electron chi connectivity index (χ4n) is 4.89. The highest BCUT2D eigenvalue weighted by atomic mass is 32.2. The Bertz CT molecular complexity index is 1580. The average molecular weight is 533 g/mol. The van der Waals surface area contributed by atoms with Crippen molar-refractivity contribution in [3.8, 4) is 0 Å². The van der Waals surface area contributed by atoms with Crippen LogP contribution in [0.5, 0.6) is 0 Å². The number of hydrogen-bond acceptors (Lipinski definition) is 7. The lowest BCUT2D eigenvalue weighted by Crippen LogP contribution is -2.54. The molecule has 0 fully saturated rings. The van der Waals surface area contributed by atoms with E-state index in [4.69, 9.17) is 14.9 Å². The first kappa shape index (κ1) is 24.9. The molecule has 2 aliphatic rings. The van der Waals surface area contributed by atoms with E-state index in [-0.39, 0.29) is 11.7 Å². The second-order valence-electron chi connectivity index (χ2n) is 9.49. The van der Waals surface area contributed by atoms with E-state index in [9.17, 15) is 4.79 Å². The third-order valence-electron chi connectivity index (χ3n) is 6.79. The molecule has 0 unspecified atom stereocenters. The number of ether oxygens (including phenoxy) is 1. The van der Waals surface area contributed by atoms with Gasteiger partial charge in [0, 0.05) is 16.7 Å². The number of benzene rings is 4. The molecule has 0 amide bonds. The van der Waals surface area contributed by atoms with Gasteiger partial charge in [-0.2, -0.15) is 10.2 Å². The Morgan fingerprint density at radius 3 is 2.05 bits per heavy atom. The predicted molar refractivity (Wildman–Crippen MR) is 159 cm³/mol. The third kappa shape index (κ3) is 4.29. The maximum Gasteiger partial charge on any atom is 0.365 e. The predicted octanol–water partition coefficient (Wildman–Crippen LogP) is 6.82. The molecular formula is C32H28N4O2S. The van der Waals surface area contributed by atoms with Crippen molar-refractivity contribution >= 4 is 39.9 Å². The first-order valence-corrected chi connectivity index (χ1v) is 13.8. The summed E-state index contributed by atoms with van der Waals surface area (Å²) in [7, 11) is 0. The number of nitrogens with zero attached hydrogens (tertiary/aromatic N) is 4. The van der Waals surface area contributed by atoms with Gasteiger partial charge in [-0.1, -0.05) is 90.0 Å². The molecular weight excluding hydrogens is 504 g/mol. The molecule has 1 spiro atoms. The summed E-state index contributed by atoms with van der Waals surface area (Å²) < 4.78 is 5.42. The highest BCUT2D eigenvalue weighted by molar-refractivity contribution is 8.16. The number of carbonyl (C=O) groups excluding carboxylic acids is 1. The number of hydrogen-bond donors (Lipinski definition) is 0. The summed E-state index contributed by atoms with van der Waals surface area (Å²) >= 11 is 1.35. The Morgan fingerprint density at radius 2 is 1.36 bits per heavy atom. The normalized spacial score (nSPS) is 18.0. The Kier molecular flexibility index (Phi) is 6.45. The van der Waals surface area contributed by atoms with Gasteiger partial charge in [0.25, 0.3) is 0 Å². The van der Waals surface area contributed by atoms with E-state index in [1.54, 1.807) is 6.92 Å². The van der Waals surface area contributed by atoms with Crippen molar-refractivity contribution in [1.29, 1.82) is 0 Å². The molecule has 4 aromatic carbocycles. The average Bonchev–Trinajstić information content (AvgIpc) is 3.36. The molecule has 7 heteroatoms. The van der Waals surface area contributed by atoms with Gasteiger partial charge >= 0.3 is 5.97 Å². The van der Waals surface area contributed by atoms with Crippen LogP contribution < -0.4 is 10.0 Å². The minimum atomic E-state index is -1.01. The first-order valence-electron chi connectivity index (χ1n) is 12.9. The molecule has 0 aromatic heterocycles. The van der Waals surface area contributed by atoms with Crippen LogP contribution in [-0.2, 0) is 14.5 Å². The van der Waals surface area contributed by atoms with Crippen molar-refractivity contribution in [2.75, 3.05) is 16.6 Å². The second-order valence-corrected chi connectivity index (χ2v) is 10.7. The highest BCUT2D eigenvalue weighted by Gasteiger charge is 2.56. The standard InChI is InChI=1S/C32H28N4O2S/c1-4-38-31(37)30-34-36(26-20-16-23(3)17-21-26)32(39-30)28-13-9-8-12-27(28)29(24-18-14-22(2)15-19-24)33-35(32)25-10-6-5-7-11-25/h5-21H,4H2,1-3H3/t32-/m1/s1. The van der Waals surface area contributed by atoms with Crippen LogP contribution in [0.4, 0.5) is 11.4 Å². The van der Waals surface area contributed by atoms with Crippen molar-refractivity contribution in [3.63, 3.8) is 0 Å². The van der Waals surface area contributed by atoms with Crippen molar-refractivity contribution in [2.45, 2.75) is 25.8 Å². The van der Waals surface area contributed by atoms with Gasteiger partial charge in [0.15, 0.2) is 0 Å². The van der Waals surface area contributed by atoms with Crippen LogP contribution in [0.15, 0.2) is 113 Å². The second kappa shape index (κ2) is 10.1. The zero-order valence-electron chi connectivity index (χ0n) is 22.0.